The monoisotopic (exact) mass is 335 g/mol. The van der Waals surface area contributed by atoms with Gasteiger partial charge in [-0.1, -0.05) is 60.7 Å². The molecule has 0 N–H and O–H groups in total. The molecule has 0 bridgehead atoms. The molecule has 2 aromatic rings. The minimum Gasteiger partial charge on any atom is -0.376 e. The summed E-state index contributed by atoms with van der Waals surface area (Å²) in [6.45, 7) is 2.29. The Morgan fingerprint density at radius 3 is 2.20 bits per heavy atom. The third-order valence-electron chi connectivity index (χ3n) is 5.68. The van der Waals surface area contributed by atoms with Gasteiger partial charge in [-0.2, -0.15) is 0 Å². The molecule has 3 heteroatoms. The van der Waals surface area contributed by atoms with Crippen LogP contribution >= 0.6 is 0 Å². The number of carbonyl (C=O) groups is 1. The lowest BCUT2D eigenvalue weighted by atomic mass is 9.69. The Morgan fingerprint density at radius 2 is 1.64 bits per heavy atom. The molecule has 0 radical (unpaired) electrons. The Morgan fingerprint density at radius 1 is 1.00 bits per heavy atom. The molecule has 0 aromatic heterocycles. The molecule has 3 nitrogen and oxygen atoms in total. The van der Waals surface area contributed by atoms with E-state index in [0.29, 0.717) is 6.42 Å². The maximum absolute atomic E-state index is 12.6. The summed E-state index contributed by atoms with van der Waals surface area (Å²) in [5.41, 5.74) is 2.46. The third-order valence-corrected chi connectivity index (χ3v) is 5.68. The van der Waals surface area contributed by atoms with E-state index in [1.807, 2.05) is 4.90 Å². The van der Waals surface area contributed by atoms with Crippen molar-refractivity contribution in [2.45, 2.75) is 37.2 Å². The molecule has 0 spiro atoms. The van der Waals surface area contributed by atoms with Crippen molar-refractivity contribution in [1.29, 1.82) is 0 Å². The quantitative estimate of drug-likeness (QED) is 0.851. The molecule has 0 aliphatic carbocycles. The van der Waals surface area contributed by atoms with Crippen LogP contribution in [0, 0.1) is 0 Å². The van der Waals surface area contributed by atoms with Crippen LogP contribution in [0.4, 0.5) is 0 Å². The molecule has 2 heterocycles. The number of hydrogen-bond donors (Lipinski definition) is 0. The van der Waals surface area contributed by atoms with Gasteiger partial charge in [0.1, 0.15) is 0 Å². The van der Waals surface area contributed by atoms with Crippen LogP contribution < -0.4 is 0 Å². The van der Waals surface area contributed by atoms with Crippen LogP contribution in [-0.2, 0) is 14.9 Å². The normalized spacial score (nSPS) is 23.0. The minimum absolute atomic E-state index is 0.130. The second-order valence-corrected chi connectivity index (χ2v) is 7.22. The van der Waals surface area contributed by atoms with E-state index >= 15 is 0 Å². The highest BCUT2D eigenvalue weighted by atomic mass is 16.5. The Kier molecular flexibility index (Phi) is 4.58. The van der Waals surface area contributed by atoms with Gasteiger partial charge in [-0.25, -0.2) is 0 Å². The molecule has 2 saturated heterocycles. The number of hydrogen-bond acceptors (Lipinski definition) is 2. The average Bonchev–Trinajstić information content (AvgIpc) is 3.18. The van der Waals surface area contributed by atoms with Crippen LogP contribution in [0.3, 0.4) is 0 Å². The number of benzene rings is 2. The molecular weight excluding hydrogens is 310 g/mol. The van der Waals surface area contributed by atoms with E-state index in [1.54, 1.807) is 0 Å². The molecule has 1 unspecified atom stereocenters. The second-order valence-electron chi connectivity index (χ2n) is 7.22. The second kappa shape index (κ2) is 7.01. The van der Waals surface area contributed by atoms with E-state index in [9.17, 15) is 4.79 Å². The fraction of sp³-hybridized carbons (Fsp3) is 0.409. The summed E-state index contributed by atoms with van der Waals surface area (Å²) in [5, 5.41) is 0. The highest BCUT2D eigenvalue weighted by molar-refractivity contribution is 5.78. The number of ether oxygens (including phenoxy) is 1. The van der Waals surface area contributed by atoms with Gasteiger partial charge in [0.15, 0.2) is 0 Å². The molecule has 2 fully saturated rings. The lowest BCUT2D eigenvalue weighted by molar-refractivity contribution is -0.136. The molecule has 25 heavy (non-hydrogen) atoms. The van der Waals surface area contributed by atoms with Crippen LogP contribution in [0.1, 0.15) is 36.8 Å². The van der Waals surface area contributed by atoms with Gasteiger partial charge in [-0.15, -0.1) is 0 Å². The predicted octanol–water partition coefficient (Wildman–Crippen LogP) is 3.77. The topological polar surface area (TPSA) is 29.5 Å². The maximum atomic E-state index is 12.6. The summed E-state index contributed by atoms with van der Waals surface area (Å²) in [6.07, 6.45) is 3.83. The van der Waals surface area contributed by atoms with Crippen molar-refractivity contribution < 1.29 is 9.53 Å². The average molecular weight is 335 g/mol. The number of rotatable bonds is 4. The SMILES string of the molecule is O=C1CCC(c2ccccc2)(c2ccccc2)CN1CC1CCCO1. The number of nitrogens with zero attached hydrogens (tertiary/aromatic N) is 1. The van der Waals surface area contributed by atoms with Crippen molar-refractivity contribution in [1.82, 2.24) is 4.90 Å². The van der Waals surface area contributed by atoms with Crippen LogP contribution in [0.5, 0.6) is 0 Å². The van der Waals surface area contributed by atoms with E-state index < -0.39 is 0 Å². The first kappa shape index (κ1) is 16.3. The molecule has 4 rings (SSSR count). The number of likely N-dealkylation sites (tertiary alicyclic amines) is 1. The van der Waals surface area contributed by atoms with E-state index in [-0.39, 0.29) is 17.4 Å². The molecule has 130 valence electrons. The summed E-state index contributed by atoms with van der Waals surface area (Å²) in [7, 11) is 0. The van der Waals surface area contributed by atoms with E-state index in [4.69, 9.17) is 4.74 Å². The zero-order chi connectivity index (χ0) is 17.1. The van der Waals surface area contributed by atoms with Gasteiger partial charge >= 0.3 is 0 Å². The highest BCUT2D eigenvalue weighted by Gasteiger charge is 2.42. The predicted molar refractivity (Wildman–Crippen MR) is 98.5 cm³/mol. The molecule has 2 aliphatic rings. The molecular formula is C22H25NO2. The van der Waals surface area contributed by atoms with E-state index in [2.05, 4.69) is 60.7 Å². The van der Waals surface area contributed by atoms with Crippen molar-refractivity contribution in [3.8, 4) is 0 Å². The smallest absolute Gasteiger partial charge is 0.222 e. The third kappa shape index (κ3) is 3.21. The zero-order valence-corrected chi connectivity index (χ0v) is 14.6. The minimum atomic E-state index is -0.130. The van der Waals surface area contributed by atoms with Gasteiger partial charge in [0.25, 0.3) is 0 Å². The summed E-state index contributed by atoms with van der Waals surface area (Å²) < 4.78 is 5.79. The van der Waals surface area contributed by atoms with Gasteiger partial charge in [0.2, 0.25) is 5.91 Å². The van der Waals surface area contributed by atoms with Crippen molar-refractivity contribution in [3.63, 3.8) is 0 Å². The first-order chi connectivity index (χ1) is 12.3. The Bertz CT molecular complexity index is 668. The molecule has 1 atom stereocenters. The maximum Gasteiger partial charge on any atom is 0.222 e. The highest BCUT2D eigenvalue weighted by Crippen LogP contribution is 2.40. The van der Waals surface area contributed by atoms with Crippen LogP contribution in [0.2, 0.25) is 0 Å². The van der Waals surface area contributed by atoms with Crippen LogP contribution in [0.25, 0.3) is 0 Å². The summed E-state index contributed by atoms with van der Waals surface area (Å²) >= 11 is 0. The lowest BCUT2D eigenvalue weighted by Gasteiger charge is -2.44. The largest absolute Gasteiger partial charge is 0.376 e. The van der Waals surface area contributed by atoms with Gasteiger partial charge in [-0.05, 0) is 30.4 Å². The summed E-state index contributed by atoms with van der Waals surface area (Å²) in [5.74, 6) is 0.262. The number of carbonyl (C=O) groups excluding carboxylic acids is 1. The molecule has 2 aromatic carbocycles. The molecule has 1 amide bonds. The fourth-order valence-electron chi connectivity index (χ4n) is 4.32. The first-order valence-corrected chi connectivity index (χ1v) is 9.28. The lowest BCUT2D eigenvalue weighted by Crippen LogP contribution is -2.51. The van der Waals surface area contributed by atoms with Gasteiger partial charge in [0, 0.05) is 31.5 Å². The molecule has 2 aliphatic heterocycles. The van der Waals surface area contributed by atoms with E-state index in [0.717, 1.165) is 39.0 Å². The Hall–Kier alpha value is -2.13. The summed E-state index contributed by atoms with van der Waals surface area (Å²) in [4.78, 5) is 14.6. The summed E-state index contributed by atoms with van der Waals surface area (Å²) in [6, 6.07) is 21.3. The fourth-order valence-corrected chi connectivity index (χ4v) is 4.32. The van der Waals surface area contributed by atoms with Crippen molar-refractivity contribution >= 4 is 5.91 Å². The van der Waals surface area contributed by atoms with Crippen molar-refractivity contribution in [3.05, 3.63) is 71.8 Å². The van der Waals surface area contributed by atoms with Crippen LogP contribution in [-0.4, -0.2) is 36.6 Å². The number of piperidine rings is 1. The zero-order valence-electron chi connectivity index (χ0n) is 14.6. The molecule has 0 saturated carbocycles. The van der Waals surface area contributed by atoms with Crippen molar-refractivity contribution in [2.75, 3.05) is 19.7 Å². The number of amides is 1. The Labute approximate surface area is 149 Å². The first-order valence-electron chi connectivity index (χ1n) is 9.28. The van der Waals surface area contributed by atoms with Crippen LogP contribution in [0.15, 0.2) is 60.7 Å². The van der Waals surface area contributed by atoms with Gasteiger partial charge < -0.3 is 9.64 Å². The Balaban J connectivity index is 1.69. The van der Waals surface area contributed by atoms with E-state index in [1.165, 1.54) is 11.1 Å². The van der Waals surface area contributed by atoms with Gasteiger partial charge in [-0.3, -0.25) is 4.79 Å². The van der Waals surface area contributed by atoms with Crippen molar-refractivity contribution in [2.24, 2.45) is 0 Å². The van der Waals surface area contributed by atoms with Gasteiger partial charge in [0.05, 0.1) is 6.10 Å². The standard InChI is InChI=1S/C22H25NO2/c24-21-13-14-22(18-8-3-1-4-9-18,19-10-5-2-6-11-19)17-23(21)16-20-12-7-15-25-20/h1-6,8-11,20H,7,12-17H2.